The minimum absolute atomic E-state index is 0.0323. The molecule has 0 saturated carbocycles. The summed E-state index contributed by atoms with van der Waals surface area (Å²) >= 11 is 0. The molecular weight excluding hydrogens is 278 g/mol. The van der Waals surface area contributed by atoms with Gasteiger partial charge >= 0.3 is 0 Å². The van der Waals surface area contributed by atoms with Crippen LogP contribution in [-0.4, -0.2) is 20.2 Å². The van der Waals surface area contributed by atoms with Crippen LogP contribution in [0.1, 0.15) is 37.3 Å². The molecule has 8 nitrogen and oxygen atoms in total. The van der Waals surface area contributed by atoms with E-state index in [9.17, 15) is 15.2 Å². The van der Waals surface area contributed by atoms with Gasteiger partial charge < -0.3 is 14.3 Å². The predicted molar refractivity (Wildman–Crippen MR) is 71.7 cm³/mol. The van der Waals surface area contributed by atoms with Crippen LogP contribution in [0.2, 0.25) is 0 Å². The largest absolute Gasteiger partial charge is 0.483 e. The van der Waals surface area contributed by atoms with Crippen molar-refractivity contribution in [2.24, 2.45) is 0 Å². The SMILES string of the molecule is CCc1nnc(COc2ccc([N+](=O)[O-])cc2[C@@H](C)O)o1. The fraction of sp³-hybridized carbons (Fsp3) is 0.385. The highest BCUT2D eigenvalue weighted by Gasteiger charge is 2.16. The zero-order valence-electron chi connectivity index (χ0n) is 11.6. The Hall–Kier alpha value is -2.48. The normalized spacial score (nSPS) is 12.1. The molecule has 0 unspecified atom stereocenters. The van der Waals surface area contributed by atoms with E-state index >= 15 is 0 Å². The van der Waals surface area contributed by atoms with Crippen molar-refractivity contribution in [2.45, 2.75) is 33.0 Å². The first-order valence-corrected chi connectivity index (χ1v) is 6.41. The van der Waals surface area contributed by atoms with Gasteiger partial charge in [0.05, 0.1) is 11.0 Å². The molecule has 0 fully saturated rings. The Labute approximate surface area is 120 Å². The molecule has 0 aliphatic carbocycles. The molecule has 1 aromatic carbocycles. The summed E-state index contributed by atoms with van der Waals surface area (Å²) in [6, 6.07) is 4.04. The van der Waals surface area contributed by atoms with Crippen LogP contribution in [0.3, 0.4) is 0 Å². The number of rotatable bonds is 6. The van der Waals surface area contributed by atoms with Gasteiger partial charge in [-0.3, -0.25) is 10.1 Å². The van der Waals surface area contributed by atoms with Crippen molar-refractivity contribution in [1.29, 1.82) is 0 Å². The number of nitro groups is 1. The van der Waals surface area contributed by atoms with Gasteiger partial charge in [0.15, 0.2) is 6.61 Å². The van der Waals surface area contributed by atoms with E-state index in [1.807, 2.05) is 6.92 Å². The Balaban J connectivity index is 2.17. The highest BCUT2D eigenvalue weighted by molar-refractivity contribution is 5.44. The number of hydrogen-bond acceptors (Lipinski definition) is 7. The minimum Gasteiger partial charge on any atom is -0.483 e. The number of nitro benzene ring substituents is 1. The van der Waals surface area contributed by atoms with Crippen LogP contribution in [0.4, 0.5) is 5.69 Å². The highest BCUT2D eigenvalue weighted by atomic mass is 16.6. The van der Waals surface area contributed by atoms with Crippen molar-refractivity contribution in [3.8, 4) is 5.75 Å². The number of aromatic nitrogens is 2. The highest BCUT2D eigenvalue weighted by Crippen LogP contribution is 2.29. The summed E-state index contributed by atoms with van der Waals surface area (Å²) in [6.07, 6.45) is -0.266. The van der Waals surface area contributed by atoms with Crippen molar-refractivity contribution in [3.05, 3.63) is 45.7 Å². The number of aliphatic hydroxyl groups is 1. The van der Waals surface area contributed by atoms with Gasteiger partial charge in [-0.05, 0) is 13.0 Å². The Kier molecular flexibility index (Phi) is 4.49. The van der Waals surface area contributed by atoms with Gasteiger partial charge in [0.2, 0.25) is 5.89 Å². The lowest BCUT2D eigenvalue weighted by atomic mass is 10.1. The maximum Gasteiger partial charge on any atom is 0.270 e. The number of non-ortho nitro benzene ring substituents is 1. The second kappa shape index (κ2) is 6.31. The van der Waals surface area contributed by atoms with Gasteiger partial charge in [0.1, 0.15) is 5.75 Å². The molecule has 8 heteroatoms. The average molecular weight is 293 g/mol. The van der Waals surface area contributed by atoms with E-state index in [-0.39, 0.29) is 12.3 Å². The number of nitrogens with zero attached hydrogens (tertiary/aromatic N) is 3. The first-order valence-electron chi connectivity index (χ1n) is 6.41. The number of aliphatic hydroxyl groups excluding tert-OH is 1. The van der Waals surface area contributed by atoms with Crippen molar-refractivity contribution in [1.82, 2.24) is 10.2 Å². The fourth-order valence-electron chi connectivity index (χ4n) is 1.74. The summed E-state index contributed by atoms with van der Waals surface area (Å²) < 4.78 is 10.8. The summed E-state index contributed by atoms with van der Waals surface area (Å²) in [5, 5.41) is 28.1. The third kappa shape index (κ3) is 3.54. The van der Waals surface area contributed by atoms with Crippen LogP contribution >= 0.6 is 0 Å². The van der Waals surface area contributed by atoms with Crippen molar-refractivity contribution < 1.29 is 19.2 Å². The maximum absolute atomic E-state index is 10.8. The van der Waals surface area contributed by atoms with Crippen molar-refractivity contribution >= 4 is 5.69 Å². The third-order valence-corrected chi connectivity index (χ3v) is 2.82. The first kappa shape index (κ1) is 14.9. The van der Waals surface area contributed by atoms with Crippen LogP contribution in [0.15, 0.2) is 22.6 Å². The van der Waals surface area contributed by atoms with Crippen LogP contribution in [0.25, 0.3) is 0 Å². The van der Waals surface area contributed by atoms with E-state index in [1.54, 1.807) is 0 Å². The van der Waals surface area contributed by atoms with Gasteiger partial charge in [-0.15, -0.1) is 10.2 Å². The van der Waals surface area contributed by atoms with Crippen LogP contribution in [0, 0.1) is 10.1 Å². The molecule has 0 saturated heterocycles. The van der Waals surface area contributed by atoms with Crippen LogP contribution < -0.4 is 4.74 Å². The molecule has 0 aliphatic heterocycles. The van der Waals surface area contributed by atoms with E-state index < -0.39 is 11.0 Å². The quantitative estimate of drug-likeness (QED) is 0.641. The Morgan fingerprint density at radius 3 is 2.71 bits per heavy atom. The Bertz CT molecular complexity index is 638. The van der Waals surface area contributed by atoms with E-state index in [0.717, 1.165) is 0 Å². The number of ether oxygens (including phenoxy) is 1. The van der Waals surface area contributed by atoms with Gasteiger partial charge in [-0.1, -0.05) is 6.92 Å². The van der Waals surface area contributed by atoms with Crippen LogP contribution in [0.5, 0.6) is 5.75 Å². The monoisotopic (exact) mass is 293 g/mol. The lowest BCUT2D eigenvalue weighted by molar-refractivity contribution is -0.385. The zero-order valence-corrected chi connectivity index (χ0v) is 11.6. The molecule has 0 aliphatic rings. The predicted octanol–water partition coefficient (Wildman–Crippen LogP) is 2.17. The topological polar surface area (TPSA) is 112 Å². The summed E-state index contributed by atoms with van der Waals surface area (Å²) in [5.41, 5.74) is 0.226. The molecule has 0 bridgehead atoms. The molecule has 1 N–H and O–H groups in total. The Morgan fingerprint density at radius 1 is 1.43 bits per heavy atom. The van der Waals surface area contributed by atoms with Gasteiger partial charge in [0, 0.05) is 24.1 Å². The maximum atomic E-state index is 10.8. The molecule has 1 aromatic heterocycles. The Morgan fingerprint density at radius 2 is 2.14 bits per heavy atom. The average Bonchev–Trinajstić information content (AvgIpc) is 2.92. The molecule has 112 valence electrons. The second-order valence-corrected chi connectivity index (χ2v) is 4.39. The molecule has 2 aromatic rings. The number of hydrogen-bond donors (Lipinski definition) is 1. The van der Waals surface area contributed by atoms with Crippen molar-refractivity contribution in [3.63, 3.8) is 0 Å². The van der Waals surface area contributed by atoms with E-state index in [0.29, 0.717) is 29.5 Å². The standard InChI is InChI=1S/C13H15N3O5/c1-3-12-14-15-13(21-12)7-20-11-5-4-9(16(18)19)6-10(11)8(2)17/h4-6,8,17H,3,7H2,1-2H3/t8-/m1/s1. The number of benzene rings is 1. The van der Waals surface area contributed by atoms with Crippen LogP contribution in [-0.2, 0) is 13.0 Å². The molecule has 1 atom stereocenters. The van der Waals surface area contributed by atoms with Gasteiger partial charge in [0.25, 0.3) is 11.6 Å². The van der Waals surface area contributed by atoms with E-state index in [2.05, 4.69) is 10.2 Å². The zero-order chi connectivity index (χ0) is 15.4. The lowest BCUT2D eigenvalue weighted by Crippen LogP contribution is -2.02. The first-order chi connectivity index (χ1) is 10.0. The molecule has 2 rings (SSSR count). The van der Waals surface area contributed by atoms with Gasteiger partial charge in [-0.2, -0.15) is 0 Å². The number of aryl methyl sites for hydroxylation is 1. The van der Waals surface area contributed by atoms with Crippen molar-refractivity contribution in [2.75, 3.05) is 0 Å². The molecule has 0 amide bonds. The molecule has 0 radical (unpaired) electrons. The summed E-state index contributed by atoms with van der Waals surface area (Å²) in [5.74, 6) is 1.15. The minimum atomic E-state index is -0.895. The summed E-state index contributed by atoms with van der Waals surface area (Å²) in [6.45, 7) is 3.43. The van der Waals surface area contributed by atoms with E-state index in [4.69, 9.17) is 9.15 Å². The summed E-state index contributed by atoms with van der Waals surface area (Å²) in [4.78, 5) is 10.2. The molecular formula is C13H15N3O5. The van der Waals surface area contributed by atoms with E-state index in [1.165, 1.54) is 25.1 Å². The smallest absolute Gasteiger partial charge is 0.270 e. The third-order valence-electron chi connectivity index (χ3n) is 2.82. The van der Waals surface area contributed by atoms with Gasteiger partial charge in [-0.25, -0.2) is 0 Å². The molecule has 1 heterocycles. The summed E-state index contributed by atoms with van der Waals surface area (Å²) in [7, 11) is 0. The molecule has 21 heavy (non-hydrogen) atoms. The molecule has 0 spiro atoms. The lowest BCUT2D eigenvalue weighted by Gasteiger charge is -2.12. The second-order valence-electron chi connectivity index (χ2n) is 4.39. The fourth-order valence-corrected chi connectivity index (χ4v) is 1.74.